The van der Waals surface area contributed by atoms with Gasteiger partial charge in [0, 0.05) is 5.56 Å². The van der Waals surface area contributed by atoms with Crippen LogP contribution in [0.15, 0.2) is 23.0 Å². The molecule has 1 fully saturated rings. The van der Waals surface area contributed by atoms with Gasteiger partial charge in [-0.05, 0) is 30.7 Å². The fraction of sp³-hybridized carbons (Fsp3) is 0.692. The van der Waals surface area contributed by atoms with E-state index in [9.17, 15) is 0 Å². The van der Waals surface area contributed by atoms with Gasteiger partial charge in [0.2, 0.25) is 0 Å². The molecule has 1 aliphatic rings. The maximum atomic E-state index is 5.67. The van der Waals surface area contributed by atoms with Crippen molar-refractivity contribution in [1.82, 2.24) is 5.43 Å². The summed E-state index contributed by atoms with van der Waals surface area (Å²) in [6.07, 6.45) is 10.1. The smallest absolute Gasteiger partial charge is 0.0950 e. The Bertz CT molecular complexity index is 289. The van der Waals surface area contributed by atoms with Crippen molar-refractivity contribution in [3.63, 3.8) is 0 Å². The molecule has 90 valence electrons. The minimum absolute atomic E-state index is 0.261. The highest BCUT2D eigenvalue weighted by molar-refractivity contribution is 5.12. The molecule has 0 amide bonds. The molecule has 0 saturated heterocycles. The lowest BCUT2D eigenvalue weighted by atomic mass is 9.76. The molecule has 0 aliphatic heterocycles. The van der Waals surface area contributed by atoms with Gasteiger partial charge in [0.1, 0.15) is 0 Å². The quantitative estimate of drug-likeness (QED) is 0.608. The summed E-state index contributed by atoms with van der Waals surface area (Å²) in [6, 6.07) is 2.27. The summed E-state index contributed by atoms with van der Waals surface area (Å²) in [5.41, 5.74) is 4.13. The molecule has 2 rings (SSSR count). The molecule has 1 saturated carbocycles. The predicted molar refractivity (Wildman–Crippen MR) is 64.5 cm³/mol. The maximum Gasteiger partial charge on any atom is 0.0950 e. The molecule has 0 radical (unpaired) electrons. The third kappa shape index (κ3) is 2.47. The molecule has 0 spiro atoms. The lowest BCUT2D eigenvalue weighted by molar-refractivity contribution is 0.219. The van der Waals surface area contributed by atoms with Crippen LogP contribution in [-0.2, 0) is 0 Å². The summed E-state index contributed by atoms with van der Waals surface area (Å²) in [5, 5.41) is 0. The fourth-order valence-electron chi connectivity index (χ4n) is 2.89. The second-order valence-corrected chi connectivity index (χ2v) is 4.89. The summed E-state index contributed by atoms with van der Waals surface area (Å²) in [6.45, 7) is 2.29. The highest BCUT2D eigenvalue weighted by Gasteiger charge is 2.27. The van der Waals surface area contributed by atoms with Gasteiger partial charge in [-0.1, -0.05) is 26.2 Å². The zero-order valence-electron chi connectivity index (χ0n) is 9.99. The summed E-state index contributed by atoms with van der Waals surface area (Å²) >= 11 is 0. The zero-order valence-corrected chi connectivity index (χ0v) is 9.99. The zero-order chi connectivity index (χ0) is 11.4. The summed E-state index contributed by atoms with van der Waals surface area (Å²) in [4.78, 5) is 0. The number of hydrogen-bond acceptors (Lipinski definition) is 3. The summed E-state index contributed by atoms with van der Waals surface area (Å²) in [7, 11) is 0. The van der Waals surface area contributed by atoms with E-state index in [4.69, 9.17) is 10.3 Å². The van der Waals surface area contributed by atoms with E-state index in [1.54, 1.807) is 12.5 Å². The molecule has 16 heavy (non-hydrogen) atoms. The Morgan fingerprint density at radius 3 is 2.69 bits per heavy atom. The van der Waals surface area contributed by atoms with Crippen LogP contribution in [0, 0.1) is 11.8 Å². The highest BCUT2D eigenvalue weighted by atomic mass is 16.3. The van der Waals surface area contributed by atoms with Gasteiger partial charge in [-0.15, -0.1) is 0 Å². The number of hydrogen-bond donors (Lipinski definition) is 2. The Morgan fingerprint density at radius 2 is 2.19 bits per heavy atom. The Hall–Kier alpha value is -0.800. The first-order valence-electron chi connectivity index (χ1n) is 6.33. The Labute approximate surface area is 97.4 Å². The fourth-order valence-corrected chi connectivity index (χ4v) is 2.89. The van der Waals surface area contributed by atoms with Crippen LogP contribution in [0.5, 0.6) is 0 Å². The van der Waals surface area contributed by atoms with Gasteiger partial charge in [0.25, 0.3) is 0 Å². The molecule has 1 heterocycles. The monoisotopic (exact) mass is 222 g/mol. The predicted octanol–water partition coefficient (Wildman–Crippen LogP) is 3.00. The molecule has 0 bridgehead atoms. The van der Waals surface area contributed by atoms with Crippen molar-refractivity contribution in [3.05, 3.63) is 24.2 Å². The molecular formula is C13H22N2O. The Balaban J connectivity index is 1.96. The topological polar surface area (TPSA) is 51.2 Å². The number of nitrogens with two attached hydrogens (primary N) is 1. The standard InChI is InChI=1S/C13H22N2O/c1-2-10-3-5-11(6-4-10)13(15-14)12-7-8-16-9-12/h7-11,13,15H,2-6,14H2,1H3. The van der Waals surface area contributed by atoms with Crippen LogP contribution in [0.25, 0.3) is 0 Å². The van der Waals surface area contributed by atoms with Crippen LogP contribution in [0.1, 0.15) is 50.6 Å². The Morgan fingerprint density at radius 1 is 1.44 bits per heavy atom. The van der Waals surface area contributed by atoms with Gasteiger partial charge in [0.15, 0.2) is 0 Å². The van der Waals surface area contributed by atoms with E-state index in [-0.39, 0.29) is 6.04 Å². The van der Waals surface area contributed by atoms with Gasteiger partial charge in [-0.25, -0.2) is 0 Å². The van der Waals surface area contributed by atoms with E-state index in [0.717, 1.165) is 5.92 Å². The van der Waals surface area contributed by atoms with Crippen molar-refractivity contribution < 1.29 is 4.42 Å². The minimum Gasteiger partial charge on any atom is -0.472 e. The van der Waals surface area contributed by atoms with Crippen molar-refractivity contribution in [2.75, 3.05) is 0 Å². The van der Waals surface area contributed by atoms with Crippen LogP contribution in [0.2, 0.25) is 0 Å². The van der Waals surface area contributed by atoms with Gasteiger partial charge >= 0.3 is 0 Å². The Kier molecular flexibility index (Phi) is 4.02. The van der Waals surface area contributed by atoms with Crippen LogP contribution < -0.4 is 11.3 Å². The molecule has 1 unspecified atom stereocenters. The SMILES string of the molecule is CCC1CCC(C(NN)c2ccoc2)CC1. The van der Waals surface area contributed by atoms with Crippen molar-refractivity contribution in [2.24, 2.45) is 17.7 Å². The molecule has 0 aromatic carbocycles. The van der Waals surface area contributed by atoms with Crippen LogP contribution >= 0.6 is 0 Å². The van der Waals surface area contributed by atoms with Crippen LogP contribution in [0.4, 0.5) is 0 Å². The van der Waals surface area contributed by atoms with Gasteiger partial charge < -0.3 is 4.42 Å². The van der Waals surface area contributed by atoms with E-state index in [0.29, 0.717) is 5.92 Å². The average Bonchev–Trinajstić information content (AvgIpc) is 2.85. The van der Waals surface area contributed by atoms with Crippen molar-refractivity contribution in [2.45, 2.75) is 45.1 Å². The minimum atomic E-state index is 0.261. The molecule has 3 nitrogen and oxygen atoms in total. The molecule has 1 atom stereocenters. The number of furan rings is 1. The summed E-state index contributed by atoms with van der Waals surface area (Å²) in [5.74, 6) is 7.26. The van der Waals surface area contributed by atoms with Crippen molar-refractivity contribution in [3.8, 4) is 0 Å². The third-order valence-electron chi connectivity index (χ3n) is 4.02. The van der Waals surface area contributed by atoms with Crippen molar-refractivity contribution in [1.29, 1.82) is 0 Å². The lowest BCUT2D eigenvalue weighted by Crippen LogP contribution is -2.35. The second kappa shape index (κ2) is 5.51. The number of rotatable bonds is 4. The van der Waals surface area contributed by atoms with Crippen molar-refractivity contribution >= 4 is 0 Å². The van der Waals surface area contributed by atoms with E-state index in [1.165, 1.54) is 37.7 Å². The van der Waals surface area contributed by atoms with E-state index < -0.39 is 0 Å². The second-order valence-electron chi connectivity index (χ2n) is 4.89. The molecular weight excluding hydrogens is 200 g/mol. The van der Waals surface area contributed by atoms with Crippen LogP contribution in [-0.4, -0.2) is 0 Å². The molecule has 1 aliphatic carbocycles. The number of nitrogens with one attached hydrogen (secondary N) is 1. The van der Waals surface area contributed by atoms with Gasteiger partial charge in [-0.3, -0.25) is 11.3 Å². The summed E-state index contributed by atoms with van der Waals surface area (Å²) < 4.78 is 5.13. The first-order chi connectivity index (χ1) is 7.85. The molecule has 3 N–H and O–H groups in total. The maximum absolute atomic E-state index is 5.67. The lowest BCUT2D eigenvalue weighted by Gasteiger charge is -2.32. The molecule has 1 aromatic rings. The molecule has 1 aromatic heterocycles. The average molecular weight is 222 g/mol. The first-order valence-corrected chi connectivity index (χ1v) is 6.33. The largest absolute Gasteiger partial charge is 0.472 e. The first kappa shape index (κ1) is 11.7. The van der Waals surface area contributed by atoms with Crippen LogP contribution in [0.3, 0.4) is 0 Å². The van der Waals surface area contributed by atoms with E-state index in [1.807, 2.05) is 6.07 Å². The van der Waals surface area contributed by atoms with Gasteiger partial charge in [0.05, 0.1) is 18.6 Å². The van der Waals surface area contributed by atoms with E-state index in [2.05, 4.69) is 12.3 Å². The number of hydrazine groups is 1. The third-order valence-corrected chi connectivity index (χ3v) is 4.02. The highest BCUT2D eigenvalue weighted by Crippen LogP contribution is 2.37. The van der Waals surface area contributed by atoms with E-state index >= 15 is 0 Å². The van der Waals surface area contributed by atoms with Gasteiger partial charge in [-0.2, -0.15) is 0 Å². The molecule has 3 heteroatoms. The normalized spacial score (nSPS) is 27.9.